The minimum Gasteiger partial charge on any atom is -0.495 e. The van der Waals surface area contributed by atoms with E-state index >= 15 is 0 Å². The number of carbonyl (C=O) groups excluding carboxylic acids is 1. The Labute approximate surface area is 215 Å². The molecule has 1 N–H and O–H groups in total. The van der Waals surface area contributed by atoms with E-state index in [1.54, 1.807) is 19.1 Å². The number of methoxy groups -OCH3 is 1. The van der Waals surface area contributed by atoms with Gasteiger partial charge in [-0.1, -0.05) is 41.4 Å². The molecule has 3 aromatic rings. The number of nitrogens with zero attached hydrogens (tertiary/aromatic N) is 2. The summed E-state index contributed by atoms with van der Waals surface area (Å²) in [4.78, 5) is 15.2. The molecule has 0 atom stereocenters. The number of benzene rings is 3. The predicted octanol–water partition coefficient (Wildman–Crippen LogP) is 5.07. The number of anilines is 2. The van der Waals surface area contributed by atoms with Gasteiger partial charge in [0.25, 0.3) is 5.91 Å². The molecule has 0 aliphatic carbocycles. The van der Waals surface area contributed by atoms with Crippen LogP contribution in [0.15, 0.2) is 65.6 Å². The Morgan fingerprint density at radius 3 is 2.29 bits per heavy atom. The van der Waals surface area contributed by atoms with Gasteiger partial charge in [-0.2, -0.15) is 4.31 Å². The van der Waals surface area contributed by atoms with Gasteiger partial charge in [-0.3, -0.25) is 4.79 Å². The average molecular weight is 534 g/mol. The van der Waals surface area contributed by atoms with Crippen molar-refractivity contribution in [2.45, 2.75) is 11.8 Å². The van der Waals surface area contributed by atoms with Crippen LogP contribution >= 0.6 is 23.2 Å². The Kier molecular flexibility index (Phi) is 7.56. The molecule has 1 aliphatic rings. The number of piperazine rings is 1. The molecule has 0 aromatic heterocycles. The Bertz CT molecular complexity index is 1340. The van der Waals surface area contributed by atoms with E-state index in [2.05, 4.69) is 10.2 Å². The molecule has 35 heavy (non-hydrogen) atoms. The second kappa shape index (κ2) is 10.5. The molecule has 1 aliphatic heterocycles. The van der Waals surface area contributed by atoms with Crippen molar-refractivity contribution in [2.75, 3.05) is 43.5 Å². The van der Waals surface area contributed by atoms with E-state index in [1.165, 1.54) is 29.6 Å². The Balaban J connectivity index is 1.54. The standard InChI is InChI=1S/C25H25Cl2N3O4S/c1-17-14-23(24(34-2)16-22(17)27)28-25(31)20-15-19(8-9-21(20)26)35(32,33)30-12-10-29(11-13-30)18-6-4-3-5-7-18/h3-9,14-16H,10-13H2,1-2H3,(H,28,31). The normalized spacial score (nSPS) is 14.6. The lowest BCUT2D eigenvalue weighted by Gasteiger charge is -2.35. The van der Waals surface area contributed by atoms with Crippen LogP contribution in [0.3, 0.4) is 0 Å². The maximum atomic E-state index is 13.4. The number of para-hydroxylation sites is 1. The third kappa shape index (κ3) is 5.41. The second-order valence-electron chi connectivity index (χ2n) is 8.12. The minimum absolute atomic E-state index is 0.0134. The van der Waals surface area contributed by atoms with E-state index < -0.39 is 15.9 Å². The highest BCUT2D eigenvalue weighted by Crippen LogP contribution is 2.32. The lowest BCUT2D eigenvalue weighted by atomic mass is 10.1. The monoisotopic (exact) mass is 533 g/mol. The summed E-state index contributed by atoms with van der Waals surface area (Å²) >= 11 is 12.4. The van der Waals surface area contributed by atoms with Gasteiger partial charge in [0.05, 0.1) is 28.3 Å². The van der Waals surface area contributed by atoms with Crippen LogP contribution in [-0.4, -0.2) is 51.9 Å². The Morgan fingerprint density at radius 2 is 1.63 bits per heavy atom. The number of amides is 1. The van der Waals surface area contributed by atoms with Gasteiger partial charge < -0.3 is 15.0 Å². The number of aryl methyl sites for hydroxylation is 1. The molecule has 3 aromatic carbocycles. The van der Waals surface area contributed by atoms with Gasteiger partial charge in [-0.25, -0.2) is 8.42 Å². The summed E-state index contributed by atoms with van der Waals surface area (Å²) < 4.78 is 33.5. The maximum absolute atomic E-state index is 13.4. The molecule has 1 saturated heterocycles. The summed E-state index contributed by atoms with van der Waals surface area (Å²) in [5.41, 5.74) is 2.26. The molecule has 4 rings (SSSR count). The Morgan fingerprint density at radius 1 is 0.943 bits per heavy atom. The van der Waals surface area contributed by atoms with Crippen molar-refractivity contribution in [3.05, 3.63) is 81.8 Å². The molecule has 7 nitrogen and oxygen atoms in total. The third-order valence-corrected chi connectivity index (χ3v) is 8.54. The lowest BCUT2D eigenvalue weighted by molar-refractivity contribution is 0.102. The number of hydrogen-bond acceptors (Lipinski definition) is 5. The summed E-state index contributed by atoms with van der Waals surface area (Å²) in [5, 5.41) is 3.38. The molecular weight excluding hydrogens is 509 g/mol. The zero-order chi connectivity index (χ0) is 25.2. The van der Waals surface area contributed by atoms with Crippen LogP contribution in [-0.2, 0) is 10.0 Å². The molecule has 1 amide bonds. The van der Waals surface area contributed by atoms with Crippen molar-refractivity contribution in [1.29, 1.82) is 0 Å². The smallest absolute Gasteiger partial charge is 0.257 e. The van der Waals surface area contributed by atoms with Crippen LogP contribution in [0.2, 0.25) is 10.0 Å². The highest BCUT2D eigenvalue weighted by atomic mass is 35.5. The molecule has 10 heteroatoms. The summed E-state index contributed by atoms with van der Waals surface area (Å²) in [6.45, 7) is 3.61. The zero-order valence-corrected chi connectivity index (χ0v) is 21.6. The number of sulfonamides is 1. The van der Waals surface area contributed by atoms with E-state index in [1.807, 2.05) is 30.3 Å². The minimum atomic E-state index is -3.81. The number of hydrogen-bond donors (Lipinski definition) is 1. The number of halogens is 2. The summed E-state index contributed by atoms with van der Waals surface area (Å²) in [5.74, 6) is -0.175. The van der Waals surface area contributed by atoms with Crippen molar-refractivity contribution in [1.82, 2.24) is 4.31 Å². The van der Waals surface area contributed by atoms with Gasteiger partial charge in [0.2, 0.25) is 10.0 Å². The van der Waals surface area contributed by atoms with Crippen LogP contribution < -0.4 is 15.0 Å². The van der Waals surface area contributed by atoms with Crippen LogP contribution in [0.25, 0.3) is 0 Å². The van der Waals surface area contributed by atoms with Crippen LogP contribution in [0.5, 0.6) is 5.75 Å². The van der Waals surface area contributed by atoms with Crippen molar-refractivity contribution in [3.8, 4) is 5.75 Å². The molecule has 0 bridgehead atoms. The first-order chi connectivity index (χ1) is 16.7. The van der Waals surface area contributed by atoms with E-state index in [4.69, 9.17) is 27.9 Å². The second-order valence-corrected chi connectivity index (χ2v) is 10.9. The fourth-order valence-corrected chi connectivity index (χ4v) is 5.74. The average Bonchev–Trinajstić information content (AvgIpc) is 2.86. The van der Waals surface area contributed by atoms with Gasteiger partial charge in [0.1, 0.15) is 5.75 Å². The number of nitrogens with one attached hydrogen (secondary N) is 1. The molecule has 0 radical (unpaired) electrons. The van der Waals surface area contributed by atoms with Gasteiger partial charge >= 0.3 is 0 Å². The van der Waals surface area contributed by atoms with Crippen molar-refractivity contribution in [2.24, 2.45) is 0 Å². The SMILES string of the molecule is COc1cc(Cl)c(C)cc1NC(=O)c1cc(S(=O)(=O)N2CCN(c3ccccc3)CC2)ccc1Cl. The van der Waals surface area contributed by atoms with Gasteiger partial charge in [0, 0.05) is 43.0 Å². The Hall–Kier alpha value is -2.78. The maximum Gasteiger partial charge on any atom is 0.257 e. The van der Waals surface area contributed by atoms with Gasteiger partial charge in [-0.05, 0) is 48.9 Å². The fraction of sp³-hybridized carbons (Fsp3) is 0.240. The van der Waals surface area contributed by atoms with Gasteiger partial charge in [0.15, 0.2) is 0 Å². The zero-order valence-electron chi connectivity index (χ0n) is 19.3. The molecule has 0 saturated carbocycles. The number of carbonyl (C=O) groups is 1. The highest BCUT2D eigenvalue weighted by molar-refractivity contribution is 7.89. The quantitative estimate of drug-likeness (QED) is 0.478. The fourth-order valence-electron chi connectivity index (χ4n) is 3.93. The molecule has 0 unspecified atom stereocenters. The third-order valence-electron chi connectivity index (χ3n) is 5.91. The molecule has 1 fully saturated rings. The van der Waals surface area contributed by atoms with E-state index in [0.717, 1.165) is 11.3 Å². The van der Waals surface area contributed by atoms with Crippen molar-refractivity contribution in [3.63, 3.8) is 0 Å². The van der Waals surface area contributed by atoms with Crippen LogP contribution in [0.4, 0.5) is 11.4 Å². The predicted molar refractivity (Wildman–Crippen MR) is 140 cm³/mol. The summed E-state index contributed by atoms with van der Waals surface area (Å²) in [6.07, 6.45) is 0. The molecule has 0 spiro atoms. The van der Waals surface area contributed by atoms with Crippen molar-refractivity contribution >= 4 is 50.5 Å². The molecule has 184 valence electrons. The summed E-state index contributed by atoms with van der Waals surface area (Å²) in [6, 6.07) is 17.3. The topological polar surface area (TPSA) is 78.9 Å². The largest absolute Gasteiger partial charge is 0.495 e. The van der Waals surface area contributed by atoms with E-state index in [-0.39, 0.29) is 15.5 Å². The van der Waals surface area contributed by atoms with Crippen molar-refractivity contribution < 1.29 is 17.9 Å². The lowest BCUT2D eigenvalue weighted by Crippen LogP contribution is -2.48. The summed E-state index contributed by atoms with van der Waals surface area (Å²) in [7, 11) is -2.35. The first kappa shape index (κ1) is 25.3. The van der Waals surface area contributed by atoms with Gasteiger partial charge in [-0.15, -0.1) is 0 Å². The number of rotatable bonds is 6. The first-order valence-corrected chi connectivity index (χ1v) is 13.2. The van der Waals surface area contributed by atoms with E-state index in [0.29, 0.717) is 42.6 Å². The molecule has 1 heterocycles. The van der Waals surface area contributed by atoms with Crippen LogP contribution in [0.1, 0.15) is 15.9 Å². The molecular formula is C25H25Cl2N3O4S. The van der Waals surface area contributed by atoms with E-state index in [9.17, 15) is 13.2 Å². The van der Waals surface area contributed by atoms with Crippen LogP contribution in [0, 0.1) is 6.92 Å². The first-order valence-electron chi connectivity index (χ1n) is 11.0. The highest BCUT2D eigenvalue weighted by Gasteiger charge is 2.29. The number of ether oxygens (including phenoxy) is 1.